The molecule has 0 radical (unpaired) electrons. The number of benzene rings is 1. The lowest BCUT2D eigenvalue weighted by molar-refractivity contribution is -0.118. The molecule has 1 aromatic carbocycles. The number of hydrogen-bond donors (Lipinski definition) is 1. The number of halogens is 2. The van der Waals surface area contributed by atoms with Gasteiger partial charge in [-0.05, 0) is 31.0 Å². The highest BCUT2D eigenvalue weighted by Crippen LogP contribution is 2.20. The van der Waals surface area contributed by atoms with Gasteiger partial charge in [0.05, 0.1) is 6.04 Å². The summed E-state index contributed by atoms with van der Waals surface area (Å²) in [5.41, 5.74) is 5.91. The van der Waals surface area contributed by atoms with Crippen LogP contribution in [-0.2, 0) is 4.79 Å². The fraction of sp³-hybridized carbons (Fsp3) is 0.300. The van der Waals surface area contributed by atoms with Crippen molar-refractivity contribution in [2.45, 2.75) is 19.9 Å². The van der Waals surface area contributed by atoms with E-state index in [1.165, 1.54) is 13.8 Å². The van der Waals surface area contributed by atoms with Gasteiger partial charge in [0.1, 0.15) is 11.6 Å². The molecule has 2 N–H and O–H groups in total. The van der Waals surface area contributed by atoms with Crippen LogP contribution >= 0.6 is 0 Å². The van der Waals surface area contributed by atoms with E-state index in [0.717, 1.165) is 12.1 Å². The molecular formula is C10H11F2NO. The van der Waals surface area contributed by atoms with Gasteiger partial charge in [-0.2, -0.15) is 0 Å². The molecule has 0 amide bonds. The summed E-state index contributed by atoms with van der Waals surface area (Å²) < 4.78 is 25.9. The summed E-state index contributed by atoms with van der Waals surface area (Å²) >= 11 is 0. The quantitative estimate of drug-likeness (QED) is 0.790. The van der Waals surface area contributed by atoms with Gasteiger partial charge in [0.15, 0.2) is 5.78 Å². The molecule has 0 saturated carbocycles. The van der Waals surface area contributed by atoms with Gasteiger partial charge in [0.2, 0.25) is 0 Å². The predicted octanol–water partition coefficient (Wildman–Crippen LogP) is 1.86. The first-order valence-electron chi connectivity index (χ1n) is 4.15. The lowest BCUT2D eigenvalue weighted by Gasteiger charge is -2.12. The van der Waals surface area contributed by atoms with Crippen LogP contribution in [0.2, 0.25) is 0 Å². The highest BCUT2D eigenvalue weighted by Gasteiger charge is 2.16. The van der Waals surface area contributed by atoms with Gasteiger partial charge < -0.3 is 5.73 Å². The van der Waals surface area contributed by atoms with Crippen molar-refractivity contribution in [3.63, 3.8) is 0 Å². The number of hydrogen-bond acceptors (Lipinski definition) is 2. The fourth-order valence-electron chi connectivity index (χ4n) is 1.21. The maximum atomic E-state index is 13.1. The van der Waals surface area contributed by atoms with Crippen LogP contribution in [0.25, 0.3) is 0 Å². The third-order valence-corrected chi connectivity index (χ3v) is 2.12. The molecule has 0 saturated heterocycles. The van der Waals surface area contributed by atoms with Crippen molar-refractivity contribution in [2.24, 2.45) is 5.73 Å². The van der Waals surface area contributed by atoms with Gasteiger partial charge >= 0.3 is 0 Å². The van der Waals surface area contributed by atoms with Crippen LogP contribution in [-0.4, -0.2) is 5.78 Å². The SMILES string of the molecule is CC(=O)C(N)c1cc(F)cc(F)c1C. The monoisotopic (exact) mass is 199 g/mol. The summed E-state index contributed by atoms with van der Waals surface area (Å²) in [6.45, 7) is 2.75. The molecule has 14 heavy (non-hydrogen) atoms. The average molecular weight is 199 g/mol. The van der Waals surface area contributed by atoms with Crippen LogP contribution in [0.5, 0.6) is 0 Å². The molecule has 0 heterocycles. The molecule has 0 fully saturated rings. The van der Waals surface area contributed by atoms with Crippen LogP contribution in [0.3, 0.4) is 0 Å². The first-order chi connectivity index (χ1) is 6.43. The van der Waals surface area contributed by atoms with E-state index >= 15 is 0 Å². The van der Waals surface area contributed by atoms with E-state index in [4.69, 9.17) is 5.73 Å². The van der Waals surface area contributed by atoms with Crippen LogP contribution in [0, 0.1) is 18.6 Å². The van der Waals surface area contributed by atoms with E-state index in [1.54, 1.807) is 0 Å². The Morgan fingerprint density at radius 2 is 2.00 bits per heavy atom. The largest absolute Gasteiger partial charge is 0.318 e. The molecule has 1 aromatic rings. The number of rotatable bonds is 2. The highest BCUT2D eigenvalue weighted by molar-refractivity contribution is 5.83. The maximum absolute atomic E-state index is 13.1. The van der Waals surface area contributed by atoms with E-state index < -0.39 is 17.7 Å². The summed E-state index contributed by atoms with van der Waals surface area (Å²) in [7, 11) is 0. The Bertz CT molecular complexity index is 377. The van der Waals surface area contributed by atoms with Crippen molar-refractivity contribution in [1.29, 1.82) is 0 Å². The molecule has 1 unspecified atom stereocenters. The van der Waals surface area contributed by atoms with Gasteiger partial charge in [0.25, 0.3) is 0 Å². The third-order valence-electron chi connectivity index (χ3n) is 2.12. The minimum absolute atomic E-state index is 0.204. The first-order valence-corrected chi connectivity index (χ1v) is 4.15. The standard InChI is InChI=1S/C10H11F2NO/c1-5-8(10(13)6(2)14)3-7(11)4-9(5)12/h3-4,10H,13H2,1-2H3. The van der Waals surface area contributed by atoms with Crippen LogP contribution in [0.15, 0.2) is 12.1 Å². The van der Waals surface area contributed by atoms with E-state index in [9.17, 15) is 13.6 Å². The summed E-state index contributed by atoms with van der Waals surface area (Å²) in [5, 5.41) is 0. The maximum Gasteiger partial charge on any atom is 0.150 e. The van der Waals surface area contributed by atoms with Crippen molar-refractivity contribution in [3.05, 3.63) is 34.9 Å². The normalized spacial score (nSPS) is 12.6. The molecule has 4 heteroatoms. The van der Waals surface area contributed by atoms with Crippen molar-refractivity contribution >= 4 is 5.78 Å². The number of nitrogens with two attached hydrogens (primary N) is 1. The minimum atomic E-state index is -0.958. The van der Waals surface area contributed by atoms with Crippen molar-refractivity contribution in [2.75, 3.05) is 0 Å². The second-order valence-electron chi connectivity index (χ2n) is 3.19. The molecule has 0 aliphatic carbocycles. The van der Waals surface area contributed by atoms with Crippen LogP contribution in [0.1, 0.15) is 24.1 Å². The molecule has 1 atom stereocenters. The van der Waals surface area contributed by atoms with Gasteiger partial charge in [-0.3, -0.25) is 4.79 Å². The lowest BCUT2D eigenvalue weighted by Crippen LogP contribution is -2.20. The van der Waals surface area contributed by atoms with Gasteiger partial charge in [-0.15, -0.1) is 0 Å². The summed E-state index contributed by atoms with van der Waals surface area (Å²) in [6, 6.07) is 0.899. The van der Waals surface area contributed by atoms with Gasteiger partial charge in [-0.25, -0.2) is 8.78 Å². The van der Waals surface area contributed by atoms with E-state index in [1.807, 2.05) is 0 Å². The zero-order chi connectivity index (χ0) is 10.9. The Morgan fingerprint density at radius 1 is 1.43 bits per heavy atom. The molecule has 2 nitrogen and oxygen atoms in total. The Labute approximate surface area is 80.7 Å². The molecular weight excluding hydrogens is 188 g/mol. The van der Waals surface area contributed by atoms with Gasteiger partial charge in [-0.1, -0.05) is 0 Å². The molecule has 0 bridgehead atoms. The molecule has 0 spiro atoms. The minimum Gasteiger partial charge on any atom is -0.318 e. The Kier molecular flexibility index (Phi) is 2.96. The van der Waals surface area contributed by atoms with Crippen LogP contribution in [0.4, 0.5) is 8.78 Å². The fourth-order valence-corrected chi connectivity index (χ4v) is 1.21. The zero-order valence-electron chi connectivity index (χ0n) is 7.97. The predicted molar refractivity (Wildman–Crippen MR) is 48.7 cm³/mol. The highest BCUT2D eigenvalue weighted by atomic mass is 19.1. The average Bonchev–Trinajstić information content (AvgIpc) is 2.09. The second kappa shape index (κ2) is 3.84. The molecule has 0 aliphatic rings. The first kappa shape index (κ1) is 10.8. The number of carbonyl (C=O) groups excluding carboxylic acids is 1. The summed E-state index contributed by atoms with van der Waals surface area (Å²) in [4.78, 5) is 10.9. The van der Waals surface area contributed by atoms with Gasteiger partial charge in [0, 0.05) is 6.07 Å². The lowest BCUT2D eigenvalue weighted by atomic mass is 9.99. The summed E-state index contributed by atoms with van der Waals surface area (Å²) in [5.74, 6) is -1.73. The van der Waals surface area contributed by atoms with E-state index in [-0.39, 0.29) is 16.9 Å². The molecule has 0 aromatic heterocycles. The number of carbonyl (C=O) groups is 1. The number of Topliss-reactive ketones (excluding diaryl/α,β-unsaturated/α-hetero) is 1. The molecule has 1 rings (SSSR count). The van der Waals surface area contributed by atoms with Crippen molar-refractivity contribution in [3.8, 4) is 0 Å². The Hall–Kier alpha value is -1.29. The van der Waals surface area contributed by atoms with Crippen LogP contribution < -0.4 is 5.73 Å². The Morgan fingerprint density at radius 3 is 2.50 bits per heavy atom. The van der Waals surface area contributed by atoms with E-state index in [0.29, 0.717) is 0 Å². The second-order valence-corrected chi connectivity index (χ2v) is 3.19. The van der Waals surface area contributed by atoms with Crippen molar-refractivity contribution < 1.29 is 13.6 Å². The Balaban J connectivity index is 3.26. The number of ketones is 1. The van der Waals surface area contributed by atoms with E-state index in [2.05, 4.69) is 0 Å². The topological polar surface area (TPSA) is 43.1 Å². The summed E-state index contributed by atoms with van der Waals surface area (Å²) in [6.07, 6.45) is 0. The third kappa shape index (κ3) is 1.96. The van der Waals surface area contributed by atoms with Crippen molar-refractivity contribution in [1.82, 2.24) is 0 Å². The smallest absolute Gasteiger partial charge is 0.150 e. The zero-order valence-corrected chi connectivity index (χ0v) is 7.97. The molecule has 0 aliphatic heterocycles. The molecule has 76 valence electrons.